The van der Waals surface area contributed by atoms with Gasteiger partial charge in [-0.15, -0.1) is 0 Å². The zero-order valence-corrected chi connectivity index (χ0v) is 17.6. The van der Waals surface area contributed by atoms with Gasteiger partial charge in [0.25, 0.3) is 11.8 Å². The Morgan fingerprint density at radius 3 is 2.17 bits per heavy atom. The Kier molecular flexibility index (Phi) is 7.69. The maximum Gasteiger partial charge on any atom is 0.308 e. The fraction of sp³-hybridized carbons (Fsp3) is 0.348. The number of ether oxygens (including phenoxy) is 1. The van der Waals surface area contributed by atoms with Crippen LogP contribution in [-0.4, -0.2) is 30.4 Å². The average Bonchev–Trinajstić information content (AvgIpc) is 2.69. The van der Waals surface area contributed by atoms with E-state index in [1.54, 1.807) is 12.1 Å². The molecule has 0 aliphatic heterocycles. The van der Waals surface area contributed by atoms with Crippen LogP contribution >= 0.6 is 0 Å². The van der Waals surface area contributed by atoms with Crippen molar-refractivity contribution in [1.82, 2.24) is 5.32 Å². The maximum atomic E-state index is 12.9. The molecule has 2 aromatic rings. The molecule has 2 aromatic carbocycles. The van der Waals surface area contributed by atoms with E-state index in [4.69, 9.17) is 4.74 Å². The molecule has 0 saturated heterocycles. The standard InChI is InChI=1S/C23H27FN2O4/c1-15(21(28)26-19-11-9-18(24)10-12-19)30-20(27)13-14-25-22(29)16-5-7-17(8-6-16)23(2,3)4/h5-12,15H,13-14H2,1-4H3,(H,25,29)(H,26,28)/t15-/m0/s1. The van der Waals surface area contributed by atoms with E-state index >= 15 is 0 Å². The van der Waals surface area contributed by atoms with Crippen LogP contribution in [0.3, 0.4) is 0 Å². The molecule has 1 atom stereocenters. The van der Waals surface area contributed by atoms with E-state index in [-0.39, 0.29) is 24.3 Å². The number of amides is 2. The zero-order chi connectivity index (χ0) is 22.3. The van der Waals surface area contributed by atoms with Gasteiger partial charge < -0.3 is 15.4 Å². The number of carbonyl (C=O) groups excluding carboxylic acids is 3. The second kappa shape index (κ2) is 10.0. The molecule has 0 aromatic heterocycles. The van der Waals surface area contributed by atoms with Gasteiger partial charge in [-0.3, -0.25) is 14.4 Å². The van der Waals surface area contributed by atoms with E-state index in [1.807, 2.05) is 12.1 Å². The number of hydrogen-bond donors (Lipinski definition) is 2. The van der Waals surface area contributed by atoms with Crippen molar-refractivity contribution >= 4 is 23.5 Å². The molecule has 6 nitrogen and oxygen atoms in total. The van der Waals surface area contributed by atoms with Crippen LogP contribution in [0, 0.1) is 5.82 Å². The molecule has 30 heavy (non-hydrogen) atoms. The summed E-state index contributed by atoms with van der Waals surface area (Å²) in [6.45, 7) is 7.80. The smallest absolute Gasteiger partial charge is 0.308 e. The summed E-state index contributed by atoms with van der Waals surface area (Å²) in [6, 6.07) is 12.6. The molecule has 0 spiro atoms. The summed E-state index contributed by atoms with van der Waals surface area (Å²) in [6.07, 6.45) is -1.09. The van der Waals surface area contributed by atoms with Gasteiger partial charge in [0.05, 0.1) is 6.42 Å². The molecule has 0 bridgehead atoms. The highest BCUT2D eigenvalue weighted by Crippen LogP contribution is 2.22. The molecule has 160 valence electrons. The van der Waals surface area contributed by atoms with Gasteiger partial charge in [-0.1, -0.05) is 32.9 Å². The number of nitrogens with one attached hydrogen (secondary N) is 2. The Bertz CT molecular complexity index is 887. The first kappa shape index (κ1) is 23.1. The first-order valence-corrected chi connectivity index (χ1v) is 9.71. The van der Waals surface area contributed by atoms with E-state index in [0.717, 1.165) is 5.56 Å². The molecule has 2 amide bonds. The minimum absolute atomic E-state index is 0.00154. The van der Waals surface area contributed by atoms with Crippen molar-refractivity contribution in [3.05, 3.63) is 65.5 Å². The third-order valence-corrected chi connectivity index (χ3v) is 4.42. The highest BCUT2D eigenvalue weighted by Gasteiger charge is 2.18. The molecule has 7 heteroatoms. The number of rotatable bonds is 7. The number of benzene rings is 2. The Morgan fingerprint density at radius 2 is 1.60 bits per heavy atom. The molecule has 2 rings (SSSR count). The maximum absolute atomic E-state index is 12.9. The van der Waals surface area contributed by atoms with E-state index in [9.17, 15) is 18.8 Å². The van der Waals surface area contributed by atoms with Gasteiger partial charge in [0, 0.05) is 17.8 Å². The van der Waals surface area contributed by atoms with Crippen molar-refractivity contribution in [3.8, 4) is 0 Å². The summed E-state index contributed by atoms with van der Waals surface area (Å²) in [7, 11) is 0. The Morgan fingerprint density at radius 1 is 1.00 bits per heavy atom. The number of esters is 1. The Labute approximate surface area is 175 Å². The highest BCUT2D eigenvalue weighted by molar-refractivity contribution is 5.95. The van der Waals surface area contributed by atoms with Crippen molar-refractivity contribution in [2.45, 2.75) is 45.6 Å². The average molecular weight is 414 g/mol. The summed E-state index contributed by atoms with van der Waals surface area (Å²) >= 11 is 0. The van der Waals surface area contributed by atoms with Crippen molar-refractivity contribution in [2.75, 3.05) is 11.9 Å². The van der Waals surface area contributed by atoms with Gasteiger partial charge >= 0.3 is 5.97 Å². The van der Waals surface area contributed by atoms with E-state index in [2.05, 4.69) is 31.4 Å². The summed E-state index contributed by atoms with van der Waals surface area (Å²) in [5.41, 5.74) is 2.02. The van der Waals surface area contributed by atoms with Crippen LogP contribution in [0.2, 0.25) is 0 Å². The SMILES string of the molecule is C[C@H](OC(=O)CCNC(=O)c1ccc(C(C)(C)C)cc1)C(=O)Nc1ccc(F)cc1. The summed E-state index contributed by atoms with van der Waals surface area (Å²) in [5.74, 6) is -1.84. The lowest BCUT2D eigenvalue weighted by molar-refractivity contribution is -0.153. The highest BCUT2D eigenvalue weighted by atomic mass is 19.1. The van der Waals surface area contributed by atoms with Crippen molar-refractivity contribution in [2.24, 2.45) is 0 Å². The van der Waals surface area contributed by atoms with Gasteiger partial charge in [0.15, 0.2) is 6.10 Å². The topological polar surface area (TPSA) is 84.5 Å². The van der Waals surface area contributed by atoms with Crippen LogP contribution in [0.4, 0.5) is 10.1 Å². The summed E-state index contributed by atoms with van der Waals surface area (Å²) in [5, 5.41) is 5.19. The predicted octanol–water partition coefficient (Wildman–Crippen LogP) is 3.81. The van der Waals surface area contributed by atoms with Crippen molar-refractivity contribution < 1.29 is 23.5 Å². The Hall–Kier alpha value is -3.22. The molecule has 0 aliphatic carbocycles. The van der Waals surface area contributed by atoms with Crippen LogP contribution in [0.1, 0.15) is 50.0 Å². The summed E-state index contributed by atoms with van der Waals surface area (Å²) in [4.78, 5) is 36.2. The van der Waals surface area contributed by atoms with Crippen LogP contribution < -0.4 is 10.6 Å². The predicted molar refractivity (Wildman–Crippen MR) is 113 cm³/mol. The van der Waals surface area contributed by atoms with Crippen molar-refractivity contribution in [3.63, 3.8) is 0 Å². The largest absolute Gasteiger partial charge is 0.452 e. The third kappa shape index (κ3) is 6.99. The second-order valence-corrected chi connectivity index (χ2v) is 7.96. The van der Waals surface area contributed by atoms with E-state index in [1.165, 1.54) is 31.2 Å². The minimum atomic E-state index is -1.02. The zero-order valence-electron chi connectivity index (χ0n) is 17.6. The lowest BCUT2D eigenvalue weighted by Gasteiger charge is -2.19. The van der Waals surface area contributed by atoms with E-state index < -0.39 is 23.8 Å². The van der Waals surface area contributed by atoms with Gasteiger partial charge in [-0.05, 0) is 54.3 Å². The van der Waals surface area contributed by atoms with E-state index in [0.29, 0.717) is 11.3 Å². The molecule has 0 saturated carbocycles. The number of hydrogen-bond acceptors (Lipinski definition) is 4. The molecule has 0 fully saturated rings. The van der Waals surface area contributed by atoms with Gasteiger partial charge in [-0.2, -0.15) is 0 Å². The molecule has 0 aliphatic rings. The molecule has 0 heterocycles. The van der Waals surface area contributed by atoms with Gasteiger partial charge in [0.1, 0.15) is 5.82 Å². The monoisotopic (exact) mass is 414 g/mol. The first-order valence-electron chi connectivity index (χ1n) is 9.71. The molecule has 0 unspecified atom stereocenters. The number of carbonyl (C=O) groups is 3. The van der Waals surface area contributed by atoms with Crippen LogP contribution in [-0.2, 0) is 19.7 Å². The fourth-order valence-electron chi connectivity index (χ4n) is 2.59. The van der Waals surface area contributed by atoms with Crippen LogP contribution in [0.15, 0.2) is 48.5 Å². The van der Waals surface area contributed by atoms with Gasteiger partial charge in [-0.25, -0.2) is 4.39 Å². The number of anilines is 1. The van der Waals surface area contributed by atoms with Crippen molar-refractivity contribution in [1.29, 1.82) is 0 Å². The van der Waals surface area contributed by atoms with Crippen LogP contribution in [0.5, 0.6) is 0 Å². The molecule has 0 radical (unpaired) electrons. The lowest BCUT2D eigenvalue weighted by atomic mass is 9.87. The fourth-order valence-corrected chi connectivity index (χ4v) is 2.59. The normalized spacial score (nSPS) is 12.0. The molecule has 2 N–H and O–H groups in total. The quantitative estimate of drug-likeness (QED) is 0.675. The second-order valence-electron chi connectivity index (χ2n) is 7.96. The summed E-state index contributed by atoms with van der Waals surface area (Å²) < 4.78 is 18.0. The third-order valence-electron chi connectivity index (χ3n) is 4.42. The van der Waals surface area contributed by atoms with Gasteiger partial charge in [0.2, 0.25) is 0 Å². The molecular weight excluding hydrogens is 387 g/mol. The molecular formula is C23H27FN2O4. The van der Waals surface area contributed by atoms with Crippen LogP contribution in [0.25, 0.3) is 0 Å². The Balaban J connectivity index is 1.75. The minimum Gasteiger partial charge on any atom is -0.452 e. The number of halogens is 1. The first-order chi connectivity index (χ1) is 14.1. The lowest BCUT2D eigenvalue weighted by Crippen LogP contribution is -2.32.